The number of ether oxygens (including phenoxy) is 1. The van der Waals surface area contributed by atoms with Crippen molar-refractivity contribution < 1.29 is 18.7 Å². The lowest BCUT2D eigenvalue weighted by Crippen LogP contribution is -2.55. The molecule has 36 heavy (non-hydrogen) atoms. The van der Waals surface area contributed by atoms with Gasteiger partial charge in [-0.05, 0) is 62.2 Å². The van der Waals surface area contributed by atoms with E-state index in [0.29, 0.717) is 16.3 Å². The molecule has 0 spiro atoms. The second kappa shape index (κ2) is 12.2. The molecule has 1 atom stereocenters. The van der Waals surface area contributed by atoms with Gasteiger partial charge < -0.3 is 15.0 Å². The molecule has 2 amide bonds. The van der Waals surface area contributed by atoms with Gasteiger partial charge in [-0.2, -0.15) is 0 Å². The summed E-state index contributed by atoms with van der Waals surface area (Å²) >= 11 is 12.1. The number of rotatable bonds is 9. The first-order chi connectivity index (χ1) is 17.0. The number of carbonyl (C=O) groups excluding carboxylic acids is 2. The summed E-state index contributed by atoms with van der Waals surface area (Å²) in [5.74, 6) is -0.805. The standard InChI is InChI=1S/C28H29Cl2FN2O3/c1-28(2,3)32-27(35)24(15-19-7-5-4-6-8-19)33(17-20-9-12-22(31)13-10-20)26(34)18-36-25-14-11-21(29)16-23(25)30/h4-14,16,24H,15,17-18H2,1-3H3,(H,32,35)/t24-/m0/s1. The molecule has 0 saturated carbocycles. The van der Waals surface area contributed by atoms with Crippen LogP contribution in [0.1, 0.15) is 31.9 Å². The lowest BCUT2D eigenvalue weighted by atomic mass is 10.0. The van der Waals surface area contributed by atoms with E-state index in [1.807, 2.05) is 51.1 Å². The van der Waals surface area contributed by atoms with Gasteiger partial charge in [-0.15, -0.1) is 0 Å². The van der Waals surface area contributed by atoms with Crippen LogP contribution >= 0.6 is 23.2 Å². The maximum atomic E-state index is 13.5. The molecular formula is C28H29Cl2FN2O3. The van der Waals surface area contributed by atoms with Gasteiger partial charge in [0.25, 0.3) is 5.91 Å². The molecule has 3 rings (SSSR count). The first kappa shape index (κ1) is 27.5. The Morgan fingerprint density at radius 1 is 0.972 bits per heavy atom. The van der Waals surface area contributed by atoms with Crippen molar-refractivity contribution in [1.82, 2.24) is 10.2 Å². The normalized spacial score (nSPS) is 12.1. The highest BCUT2D eigenvalue weighted by Gasteiger charge is 2.32. The number of nitrogens with zero attached hydrogens (tertiary/aromatic N) is 1. The average molecular weight is 531 g/mol. The van der Waals surface area contributed by atoms with Crippen molar-refractivity contribution in [2.45, 2.75) is 45.3 Å². The van der Waals surface area contributed by atoms with E-state index in [-0.39, 0.29) is 36.3 Å². The minimum absolute atomic E-state index is 0.0892. The van der Waals surface area contributed by atoms with Crippen LogP contribution in [-0.4, -0.2) is 34.9 Å². The number of hydrogen-bond donors (Lipinski definition) is 1. The van der Waals surface area contributed by atoms with Gasteiger partial charge in [-0.1, -0.05) is 65.7 Å². The van der Waals surface area contributed by atoms with Crippen molar-refractivity contribution in [3.8, 4) is 5.75 Å². The second-order valence-corrected chi connectivity index (χ2v) is 10.3. The summed E-state index contributed by atoms with van der Waals surface area (Å²) < 4.78 is 19.2. The molecule has 0 bridgehead atoms. The lowest BCUT2D eigenvalue weighted by Gasteiger charge is -2.33. The third-order valence-corrected chi connectivity index (χ3v) is 5.81. The maximum absolute atomic E-state index is 13.5. The van der Waals surface area contributed by atoms with Crippen LogP contribution in [-0.2, 0) is 22.6 Å². The van der Waals surface area contributed by atoms with E-state index in [0.717, 1.165) is 5.56 Å². The van der Waals surface area contributed by atoms with Crippen LogP contribution in [0.15, 0.2) is 72.8 Å². The highest BCUT2D eigenvalue weighted by molar-refractivity contribution is 6.35. The van der Waals surface area contributed by atoms with E-state index in [4.69, 9.17) is 27.9 Å². The first-order valence-corrected chi connectivity index (χ1v) is 12.2. The zero-order valence-corrected chi connectivity index (χ0v) is 21.9. The molecule has 8 heteroatoms. The molecule has 1 N–H and O–H groups in total. The SMILES string of the molecule is CC(C)(C)NC(=O)[C@H](Cc1ccccc1)N(Cc1ccc(F)cc1)C(=O)COc1ccc(Cl)cc1Cl. The Balaban J connectivity index is 1.93. The molecular weight excluding hydrogens is 502 g/mol. The Morgan fingerprint density at radius 3 is 2.25 bits per heavy atom. The fourth-order valence-electron chi connectivity index (χ4n) is 3.61. The Kier molecular flexibility index (Phi) is 9.35. The van der Waals surface area contributed by atoms with E-state index in [1.54, 1.807) is 24.3 Å². The minimum atomic E-state index is -0.839. The molecule has 0 unspecified atom stereocenters. The zero-order valence-electron chi connectivity index (χ0n) is 20.4. The van der Waals surface area contributed by atoms with E-state index >= 15 is 0 Å². The summed E-state index contributed by atoms with van der Waals surface area (Å²) in [7, 11) is 0. The van der Waals surface area contributed by atoms with Crippen molar-refractivity contribution >= 4 is 35.0 Å². The van der Waals surface area contributed by atoms with E-state index in [1.165, 1.54) is 23.1 Å². The van der Waals surface area contributed by atoms with Gasteiger partial charge in [0.2, 0.25) is 5.91 Å². The Hall–Kier alpha value is -3.09. The van der Waals surface area contributed by atoms with Gasteiger partial charge >= 0.3 is 0 Å². The van der Waals surface area contributed by atoms with Crippen molar-refractivity contribution in [3.05, 3.63) is 99.8 Å². The molecule has 0 aliphatic carbocycles. The Labute approximate surface area is 221 Å². The van der Waals surface area contributed by atoms with Gasteiger partial charge in [0.05, 0.1) is 5.02 Å². The highest BCUT2D eigenvalue weighted by Crippen LogP contribution is 2.27. The molecule has 0 aromatic heterocycles. The van der Waals surface area contributed by atoms with E-state index in [2.05, 4.69) is 5.32 Å². The van der Waals surface area contributed by atoms with Crippen LogP contribution in [0, 0.1) is 5.82 Å². The summed E-state index contributed by atoms with van der Waals surface area (Å²) in [6.07, 6.45) is 0.289. The summed E-state index contributed by atoms with van der Waals surface area (Å²) in [5, 5.41) is 3.70. The molecule has 0 aliphatic heterocycles. The topological polar surface area (TPSA) is 58.6 Å². The smallest absolute Gasteiger partial charge is 0.261 e. The molecule has 3 aromatic carbocycles. The molecule has 0 radical (unpaired) electrons. The van der Waals surface area contributed by atoms with Crippen molar-refractivity contribution in [3.63, 3.8) is 0 Å². The van der Waals surface area contributed by atoms with Gasteiger partial charge in [0, 0.05) is 23.5 Å². The highest BCUT2D eigenvalue weighted by atomic mass is 35.5. The fourth-order valence-corrected chi connectivity index (χ4v) is 4.07. The monoisotopic (exact) mass is 530 g/mol. The molecule has 0 aliphatic rings. The molecule has 0 heterocycles. The van der Waals surface area contributed by atoms with Crippen LogP contribution in [0.4, 0.5) is 4.39 Å². The molecule has 0 saturated heterocycles. The molecule has 190 valence electrons. The summed E-state index contributed by atoms with van der Waals surface area (Å²) in [5.41, 5.74) is 1.06. The summed E-state index contributed by atoms with van der Waals surface area (Å²) in [6.45, 7) is 5.37. The summed E-state index contributed by atoms with van der Waals surface area (Å²) in [4.78, 5) is 28.5. The van der Waals surface area contributed by atoms with Gasteiger partial charge in [0.15, 0.2) is 6.61 Å². The number of carbonyl (C=O) groups is 2. The predicted octanol–water partition coefficient (Wildman–Crippen LogP) is 6.07. The van der Waals surface area contributed by atoms with Crippen molar-refractivity contribution in [2.24, 2.45) is 0 Å². The number of amides is 2. The number of halogens is 3. The third kappa shape index (κ3) is 8.25. The largest absolute Gasteiger partial charge is 0.482 e. The second-order valence-electron chi connectivity index (χ2n) is 9.46. The van der Waals surface area contributed by atoms with Crippen LogP contribution in [0.2, 0.25) is 10.0 Å². The van der Waals surface area contributed by atoms with Crippen LogP contribution < -0.4 is 10.1 Å². The summed E-state index contributed by atoms with van der Waals surface area (Å²) in [6, 6.07) is 19.2. The van der Waals surface area contributed by atoms with Gasteiger partial charge in [-0.3, -0.25) is 9.59 Å². The van der Waals surface area contributed by atoms with Gasteiger partial charge in [-0.25, -0.2) is 4.39 Å². The van der Waals surface area contributed by atoms with Crippen LogP contribution in [0.5, 0.6) is 5.75 Å². The third-order valence-electron chi connectivity index (χ3n) is 5.28. The van der Waals surface area contributed by atoms with Crippen molar-refractivity contribution in [2.75, 3.05) is 6.61 Å². The lowest BCUT2D eigenvalue weighted by molar-refractivity contribution is -0.143. The minimum Gasteiger partial charge on any atom is -0.482 e. The van der Waals surface area contributed by atoms with E-state index in [9.17, 15) is 14.0 Å². The first-order valence-electron chi connectivity index (χ1n) is 11.5. The van der Waals surface area contributed by atoms with Crippen molar-refractivity contribution in [1.29, 1.82) is 0 Å². The number of nitrogens with one attached hydrogen (secondary N) is 1. The predicted molar refractivity (Wildman–Crippen MR) is 141 cm³/mol. The maximum Gasteiger partial charge on any atom is 0.261 e. The number of hydrogen-bond acceptors (Lipinski definition) is 3. The average Bonchev–Trinajstić information content (AvgIpc) is 2.81. The zero-order chi connectivity index (χ0) is 26.3. The Bertz CT molecular complexity index is 1180. The number of benzene rings is 3. The van der Waals surface area contributed by atoms with E-state index < -0.39 is 17.5 Å². The van der Waals surface area contributed by atoms with Gasteiger partial charge in [0.1, 0.15) is 17.6 Å². The molecule has 0 fully saturated rings. The molecule has 3 aromatic rings. The Morgan fingerprint density at radius 2 is 1.64 bits per heavy atom. The molecule has 5 nitrogen and oxygen atoms in total. The fraction of sp³-hybridized carbons (Fsp3) is 0.286. The van der Waals surface area contributed by atoms with Crippen LogP contribution in [0.3, 0.4) is 0 Å². The van der Waals surface area contributed by atoms with Crippen LogP contribution in [0.25, 0.3) is 0 Å². The quantitative estimate of drug-likeness (QED) is 0.365.